The molecule has 0 atom stereocenters. The van der Waals surface area contributed by atoms with Crippen molar-refractivity contribution in [3.63, 3.8) is 0 Å². The number of aromatic nitrogens is 2. The fraction of sp³-hybridized carbons (Fsp3) is 0.294. The number of nitrogens with one attached hydrogen (secondary N) is 2. The van der Waals surface area contributed by atoms with E-state index in [0.717, 1.165) is 29.4 Å². The molecule has 1 aliphatic heterocycles. The third-order valence-electron chi connectivity index (χ3n) is 4.20. The first-order valence-corrected chi connectivity index (χ1v) is 7.64. The standard InChI is InChI=1S/C17H17N3O2/c21-14-9-16(20-12-4-1-2-5-12)22-15(14)8-11-10-19-17-13(11)6-3-7-18-17/h3,6-10,12,20H,1-2,4-5H2,(H,18,19)/b15-8+. The first kappa shape index (κ1) is 13.1. The van der Waals surface area contributed by atoms with E-state index >= 15 is 0 Å². The van der Waals surface area contributed by atoms with Crippen LogP contribution in [-0.4, -0.2) is 21.8 Å². The monoisotopic (exact) mass is 295 g/mol. The highest BCUT2D eigenvalue weighted by Crippen LogP contribution is 2.25. The summed E-state index contributed by atoms with van der Waals surface area (Å²) in [6.07, 6.45) is 11.6. The lowest BCUT2D eigenvalue weighted by atomic mass is 10.2. The fourth-order valence-electron chi connectivity index (χ4n) is 3.07. The second-order valence-corrected chi connectivity index (χ2v) is 5.75. The minimum absolute atomic E-state index is 0.0984. The van der Waals surface area contributed by atoms with Gasteiger partial charge in [0.2, 0.25) is 5.78 Å². The quantitative estimate of drug-likeness (QED) is 0.854. The van der Waals surface area contributed by atoms with Gasteiger partial charge in [-0.05, 0) is 31.1 Å². The van der Waals surface area contributed by atoms with Gasteiger partial charge in [0.15, 0.2) is 11.6 Å². The molecule has 22 heavy (non-hydrogen) atoms. The van der Waals surface area contributed by atoms with E-state index in [0.29, 0.717) is 17.7 Å². The number of fused-ring (bicyclic) bond motifs is 1. The third kappa shape index (κ3) is 2.39. The van der Waals surface area contributed by atoms with Crippen molar-refractivity contribution in [2.45, 2.75) is 31.7 Å². The summed E-state index contributed by atoms with van der Waals surface area (Å²) in [6.45, 7) is 0. The van der Waals surface area contributed by atoms with Crippen molar-refractivity contribution in [2.75, 3.05) is 0 Å². The Kier molecular flexibility index (Phi) is 3.18. The van der Waals surface area contributed by atoms with Crippen molar-refractivity contribution in [3.8, 4) is 0 Å². The van der Waals surface area contributed by atoms with E-state index in [9.17, 15) is 4.79 Å². The van der Waals surface area contributed by atoms with Crippen LogP contribution in [0.4, 0.5) is 0 Å². The van der Waals surface area contributed by atoms with Crippen LogP contribution in [-0.2, 0) is 9.53 Å². The van der Waals surface area contributed by atoms with Gasteiger partial charge in [0, 0.05) is 35.5 Å². The largest absolute Gasteiger partial charge is 0.437 e. The molecule has 2 aromatic heterocycles. The maximum Gasteiger partial charge on any atom is 0.226 e. The second kappa shape index (κ2) is 5.33. The topological polar surface area (TPSA) is 67.0 Å². The zero-order chi connectivity index (χ0) is 14.9. The van der Waals surface area contributed by atoms with Crippen LogP contribution in [0.25, 0.3) is 17.1 Å². The van der Waals surface area contributed by atoms with Crippen LogP contribution >= 0.6 is 0 Å². The van der Waals surface area contributed by atoms with E-state index in [4.69, 9.17) is 4.74 Å². The number of carbonyl (C=O) groups is 1. The van der Waals surface area contributed by atoms with E-state index < -0.39 is 0 Å². The number of ketones is 1. The number of rotatable bonds is 3. The number of aromatic amines is 1. The molecule has 4 rings (SSSR count). The van der Waals surface area contributed by atoms with Crippen molar-refractivity contribution in [2.24, 2.45) is 0 Å². The van der Waals surface area contributed by atoms with Gasteiger partial charge in [-0.25, -0.2) is 4.98 Å². The second-order valence-electron chi connectivity index (χ2n) is 5.75. The zero-order valence-corrected chi connectivity index (χ0v) is 12.1. The Bertz CT molecular complexity index is 782. The molecule has 0 saturated heterocycles. The predicted molar refractivity (Wildman–Crippen MR) is 83.6 cm³/mol. The van der Waals surface area contributed by atoms with Crippen molar-refractivity contribution >= 4 is 22.9 Å². The maximum absolute atomic E-state index is 12.1. The number of nitrogens with zero attached hydrogens (tertiary/aromatic N) is 1. The lowest BCUT2D eigenvalue weighted by molar-refractivity contribution is -0.112. The molecule has 1 fully saturated rings. The fourth-order valence-corrected chi connectivity index (χ4v) is 3.07. The summed E-state index contributed by atoms with van der Waals surface area (Å²) in [5.41, 5.74) is 1.71. The molecule has 1 aliphatic carbocycles. The lowest BCUT2D eigenvalue weighted by Crippen LogP contribution is -2.25. The first-order valence-electron chi connectivity index (χ1n) is 7.64. The number of H-pyrrole nitrogens is 1. The molecule has 0 bridgehead atoms. The van der Waals surface area contributed by atoms with Crippen LogP contribution in [0.2, 0.25) is 0 Å². The van der Waals surface area contributed by atoms with Gasteiger partial charge in [0.05, 0.1) is 0 Å². The van der Waals surface area contributed by atoms with Crippen molar-refractivity contribution in [1.82, 2.24) is 15.3 Å². The average Bonchev–Trinajstić information content (AvgIpc) is 3.23. The summed E-state index contributed by atoms with van der Waals surface area (Å²) in [6, 6.07) is 4.27. The summed E-state index contributed by atoms with van der Waals surface area (Å²) in [5, 5.41) is 4.29. The van der Waals surface area contributed by atoms with Crippen molar-refractivity contribution < 1.29 is 9.53 Å². The van der Waals surface area contributed by atoms with Crippen LogP contribution in [0.5, 0.6) is 0 Å². The summed E-state index contributed by atoms with van der Waals surface area (Å²) in [5.74, 6) is 0.824. The van der Waals surface area contributed by atoms with E-state index in [1.807, 2.05) is 18.3 Å². The minimum atomic E-state index is -0.0984. The molecule has 5 nitrogen and oxygen atoms in total. The molecule has 1 saturated carbocycles. The highest BCUT2D eigenvalue weighted by molar-refractivity contribution is 6.08. The van der Waals surface area contributed by atoms with Gasteiger partial charge in [-0.15, -0.1) is 0 Å². The summed E-state index contributed by atoms with van der Waals surface area (Å²) >= 11 is 0. The van der Waals surface area contributed by atoms with Gasteiger partial charge >= 0.3 is 0 Å². The van der Waals surface area contributed by atoms with E-state index in [1.54, 1.807) is 12.3 Å². The van der Waals surface area contributed by atoms with Crippen molar-refractivity contribution in [3.05, 3.63) is 47.8 Å². The Balaban J connectivity index is 1.55. The van der Waals surface area contributed by atoms with Gasteiger partial charge in [-0.1, -0.05) is 12.8 Å². The normalized spacial score (nSPS) is 20.6. The Labute approximate surface area is 128 Å². The number of pyridine rings is 1. The third-order valence-corrected chi connectivity index (χ3v) is 4.20. The van der Waals surface area contributed by atoms with Crippen molar-refractivity contribution in [1.29, 1.82) is 0 Å². The smallest absolute Gasteiger partial charge is 0.226 e. The number of hydrogen-bond acceptors (Lipinski definition) is 4. The Hall–Kier alpha value is -2.56. The SMILES string of the molecule is O=C1C=C(NC2CCCC2)O/C1=C/c1c[nH]c2ncccc12. The van der Waals surface area contributed by atoms with E-state index in [1.165, 1.54) is 18.9 Å². The summed E-state index contributed by atoms with van der Waals surface area (Å²) in [7, 11) is 0. The van der Waals surface area contributed by atoms with E-state index in [-0.39, 0.29) is 5.78 Å². The maximum atomic E-state index is 12.1. The molecule has 0 radical (unpaired) electrons. The van der Waals surface area contributed by atoms with E-state index in [2.05, 4.69) is 15.3 Å². The van der Waals surface area contributed by atoms with Gasteiger partial charge in [0.1, 0.15) is 5.65 Å². The first-order chi connectivity index (χ1) is 10.8. The number of hydrogen-bond donors (Lipinski definition) is 2. The molecular weight excluding hydrogens is 278 g/mol. The average molecular weight is 295 g/mol. The molecular formula is C17H17N3O2. The van der Waals surface area contributed by atoms with Crippen LogP contribution in [0.3, 0.4) is 0 Å². The molecule has 0 amide bonds. The lowest BCUT2D eigenvalue weighted by Gasteiger charge is -2.13. The molecule has 2 N–H and O–H groups in total. The molecule has 0 unspecified atom stereocenters. The molecule has 0 spiro atoms. The van der Waals surface area contributed by atoms with Crippen LogP contribution in [0, 0.1) is 0 Å². The Morgan fingerprint density at radius 2 is 2.23 bits per heavy atom. The molecule has 0 aromatic carbocycles. The molecule has 5 heteroatoms. The number of ether oxygens (including phenoxy) is 1. The van der Waals surface area contributed by atoms with Gasteiger partial charge in [0.25, 0.3) is 0 Å². The van der Waals surface area contributed by atoms with Gasteiger partial charge < -0.3 is 15.0 Å². The van der Waals surface area contributed by atoms with Gasteiger partial charge in [-0.2, -0.15) is 0 Å². The van der Waals surface area contributed by atoms with Gasteiger partial charge in [-0.3, -0.25) is 4.79 Å². The number of allylic oxidation sites excluding steroid dienone is 1. The molecule has 2 aliphatic rings. The predicted octanol–water partition coefficient (Wildman–Crippen LogP) is 2.88. The Morgan fingerprint density at radius 1 is 1.36 bits per heavy atom. The van der Waals surface area contributed by atoms with Crippen LogP contribution in [0.15, 0.2) is 42.2 Å². The zero-order valence-electron chi connectivity index (χ0n) is 12.1. The Morgan fingerprint density at radius 3 is 3.09 bits per heavy atom. The number of carbonyl (C=O) groups excluding carboxylic acids is 1. The van der Waals surface area contributed by atoms with Crippen LogP contribution in [0.1, 0.15) is 31.2 Å². The molecule has 2 aromatic rings. The molecule has 112 valence electrons. The highest BCUT2D eigenvalue weighted by Gasteiger charge is 2.24. The molecule has 3 heterocycles. The minimum Gasteiger partial charge on any atom is -0.437 e. The summed E-state index contributed by atoms with van der Waals surface area (Å²) in [4.78, 5) is 19.4. The highest BCUT2D eigenvalue weighted by atomic mass is 16.5. The summed E-state index contributed by atoms with van der Waals surface area (Å²) < 4.78 is 5.69. The van der Waals surface area contributed by atoms with Crippen LogP contribution < -0.4 is 5.32 Å².